The zero-order valence-electron chi connectivity index (χ0n) is 12.4. The molecule has 1 amide bonds. The molecule has 0 radical (unpaired) electrons. The molecular formula is C17H15ClN4O. The number of nitrogens with zero attached hydrogens (tertiary/aromatic N) is 3. The molecule has 23 heavy (non-hydrogen) atoms. The average molecular weight is 327 g/mol. The molecule has 1 aliphatic rings. The summed E-state index contributed by atoms with van der Waals surface area (Å²) in [5.74, 6) is -0.0681. The van der Waals surface area contributed by atoms with E-state index in [0.29, 0.717) is 35.1 Å². The molecule has 2 heterocycles. The van der Waals surface area contributed by atoms with Crippen LogP contribution in [0.2, 0.25) is 5.02 Å². The van der Waals surface area contributed by atoms with Gasteiger partial charge in [0.15, 0.2) is 0 Å². The molecule has 0 spiro atoms. The number of rotatable bonds is 3. The summed E-state index contributed by atoms with van der Waals surface area (Å²) in [6.07, 6.45) is 2.43. The summed E-state index contributed by atoms with van der Waals surface area (Å²) in [4.78, 5) is 18.3. The summed E-state index contributed by atoms with van der Waals surface area (Å²) < 4.78 is 0. The lowest BCUT2D eigenvalue weighted by Gasteiger charge is -2.18. The van der Waals surface area contributed by atoms with Crippen LogP contribution in [0.3, 0.4) is 0 Å². The van der Waals surface area contributed by atoms with Gasteiger partial charge >= 0.3 is 0 Å². The molecule has 0 bridgehead atoms. The van der Waals surface area contributed by atoms with Crippen molar-refractivity contribution in [3.63, 3.8) is 0 Å². The third-order valence-corrected chi connectivity index (χ3v) is 4.06. The van der Waals surface area contributed by atoms with Gasteiger partial charge in [0, 0.05) is 30.4 Å². The number of nitriles is 1. The maximum atomic E-state index is 12.4. The number of pyridine rings is 1. The van der Waals surface area contributed by atoms with Crippen molar-refractivity contribution < 1.29 is 4.79 Å². The van der Waals surface area contributed by atoms with E-state index in [-0.39, 0.29) is 11.9 Å². The number of anilines is 1. The van der Waals surface area contributed by atoms with Crippen LogP contribution in [0.5, 0.6) is 0 Å². The normalized spacial score (nSPS) is 16.9. The fourth-order valence-corrected chi connectivity index (χ4v) is 2.84. The Morgan fingerprint density at radius 1 is 1.39 bits per heavy atom. The first-order chi connectivity index (χ1) is 11.2. The molecule has 0 saturated carbocycles. The number of aromatic nitrogens is 1. The van der Waals surface area contributed by atoms with Gasteiger partial charge in [0.2, 0.25) is 0 Å². The monoisotopic (exact) mass is 326 g/mol. The largest absolute Gasteiger partial charge is 0.379 e. The summed E-state index contributed by atoms with van der Waals surface area (Å²) in [6.45, 7) is 1.24. The molecule has 1 aromatic heterocycles. The van der Waals surface area contributed by atoms with E-state index in [1.807, 2.05) is 0 Å². The average Bonchev–Trinajstić information content (AvgIpc) is 3.04. The quantitative estimate of drug-likeness (QED) is 0.941. The Balaban J connectivity index is 1.68. The lowest BCUT2D eigenvalue weighted by Crippen LogP contribution is -2.32. The molecule has 1 aliphatic heterocycles. The minimum Gasteiger partial charge on any atom is -0.379 e. The molecule has 1 fully saturated rings. The highest BCUT2D eigenvalue weighted by molar-refractivity contribution is 6.30. The van der Waals surface area contributed by atoms with Crippen molar-refractivity contribution in [3.8, 4) is 6.07 Å². The van der Waals surface area contributed by atoms with Crippen LogP contribution in [0, 0.1) is 11.3 Å². The lowest BCUT2D eigenvalue weighted by atomic mass is 10.1. The van der Waals surface area contributed by atoms with E-state index in [4.69, 9.17) is 16.9 Å². The number of halogens is 1. The number of hydrogen-bond acceptors (Lipinski definition) is 4. The van der Waals surface area contributed by atoms with Crippen molar-refractivity contribution in [2.45, 2.75) is 12.5 Å². The number of carbonyl (C=O) groups is 1. The minimum atomic E-state index is -0.0681. The predicted molar refractivity (Wildman–Crippen MR) is 88.3 cm³/mol. The van der Waals surface area contributed by atoms with Gasteiger partial charge in [0.1, 0.15) is 11.8 Å². The maximum Gasteiger partial charge on any atom is 0.272 e. The molecule has 3 rings (SSSR count). The van der Waals surface area contributed by atoms with E-state index >= 15 is 0 Å². The van der Waals surface area contributed by atoms with Gasteiger partial charge in [-0.2, -0.15) is 5.26 Å². The van der Waals surface area contributed by atoms with Gasteiger partial charge in [-0.15, -0.1) is 0 Å². The van der Waals surface area contributed by atoms with Gasteiger partial charge in [-0.3, -0.25) is 9.78 Å². The van der Waals surface area contributed by atoms with Crippen LogP contribution in [0.1, 0.15) is 22.5 Å². The second-order valence-electron chi connectivity index (χ2n) is 5.40. The maximum absolute atomic E-state index is 12.4. The second-order valence-corrected chi connectivity index (χ2v) is 5.83. The van der Waals surface area contributed by atoms with Gasteiger partial charge in [0.25, 0.3) is 5.91 Å². The summed E-state index contributed by atoms with van der Waals surface area (Å²) in [6, 6.07) is 12.7. The van der Waals surface area contributed by atoms with E-state index < -0.39 is 0 Å². The summed E-state index contributed by atoms with van der Waals surface area (Å²) >= 11 is 6.00. The Morgan fingerprint density at radius 3 is 3.00 bits per heavy atom. The van der Waals surface area contributed by atoms with Crippen molar-refractivity contribution in [2.24, 2.45) is 0 Å². The molecule has 0 aliphatic carbocycles. The van der Waals surface area contributed by atoms with Crippen LogP contribution in [-0.2, 0) is 0 Å². The number of amides is 1. The zero-order chi connectivity index (χ0) is 16.2. The van der Waals surface area contributed by atoms with Gasteiger partial charge in [-0.1, -0.05) is 17.7 Å². The molecular weight excluding hydrogens is 312 g/mol. The first-order valence-corrected chi connectivity index (χ1v) is 7.71. The molecule has 2 aromatic rings. The third-order valence-electron chi connectivity index (χ3n) is 3.82. The number of carbonyl (C=O) groups excluding carboxylic acids is 1. The molecule has 1 N–H and O–H groups in total. The zero-order valence-corrected chi connectivity index (χ0v) is 13.1. The highest BCUT2D eigenvalue weighted by Crippen LogP contribution is 2.23. The summed E-state index contributed by atoms with van der Waals surface area (Å²) in [7, 11) is 0. The van der Waals surface area contributed by atoms with Gasteiger partial charge in [-0.05, 0) is 36.8 Å². The van der Waals surface area contributed by atoms with Crippen molar-refractivity contribution >= 4 is 23.2 Å². The molecule has 5 nitrogen and oxygen atoms in total. The third kappa shape index (κ3) is 3.43. The van der Waals surface area contributed by atoms with E-state index in [9.17, 15) is 4.79 Å². The topological polar surface area (TPSA) is 69.0 Å². The minimum absolute atomic E-state index is 0.0681. The number of nitrogens with one attached hydrogen (secondary N) is 1. The highest BCUT2D eigenvalue weighted by Gasteiger charge is 2.27. The molecule has 1 unspecified atom stereocenters. The number of benzene rings is 1. The fraction of sp³-hybridized carbons (Fsp3) is 0.235. The SMILES string of the molecule is N#Cc1ccc(Cl)cc1NC1CCN(C(=O)c2ccccn2)C1. The molecule has 1 atom stereocenters. The number of likely N-dealkylation sites (tertiary alicyclic amines) is 1. The van der Waals surface area contributed by atoms with Gasteiger partial charge in [0.05, 0.1) is 11.3 Å². The Hall–Kier alpha value is -2.58. The Bertz CT molecular complexity index is 757. The summed E-state index contributed by atoms with van der Waals surface area (Å²) in [5, 5.41) is 13.1. The Morgan fingerprint density at radius 2 is 2.26 bits per heavy atom. The first-order valence-electron chi connectivity index (χ1n) is 7.34. The van der Waals surface area contributed by atoms with E-state index in [2.05, 4.69) is 16.4 Å². The van der Waals surface area contributed by atoms with Crippen molar-refractivity contribution in [1.82, 2.24) is 9.88 Å². The number of hydrogen-bond donors (Lipinski definition) is 1. The highest BCUT2D eigenvalue weighted by atomic mass is 35.5. The molecule has 1 aromatic carbocycles. The Labute approximate surface area is 139 Å². The molecule has 6 heteroatoms. The van der Waals surface area contributed by atoms with Crippen LogP contribution in [0.25, 0.3) is 0 Å². The van der Waals surface area contributed by atoms with E-state index in [1.54, 1.807) is 47.5 Å². The lowest BCUT2D eigenvalue weighted by molar-refractivity contribution is 0.0786. The summed E-state index contributed by atoms with van der Waals surface area (Å²) in [5.41, 5.74) is 1.70. The molecule has 1 saturated heterocycles. The van der Waals surface area contributed by atoms with Gasteiger partial charge < -0.3 is 10.2 Å². The fourth-order valence-electron chi connectivity index (χ4n) is 2.67. The van der Waals surface area contributed by atoms with Crippen molar-refractivity contribution in [2.75, 3.05) is 18.4 Å². The van der Waals surface area contributed by atoms with Crippen LogP contribution < -0.4 is 5.32 Å². The standard InChI is InChI=1S/C17H15ClN4O/c18-13-5-4-12(10-19)16(9-13)21-14-6-8-22(11-14)17(23)15-3-1-2-7-20-15/h1-5,7,9,14,21H,6,8,11H2. The first kappa shape index (κ1) is 15.3. The van der Waals surface area contributed by atoms with Gasteiger partial charge in [-0.25, -0.2) is 0 Å². The predicted octanol–water partition coefficient (Wildman–Crippen LogP) is 2.93. The van der Waals surface area contributed by atoms with Crippen LogP contribution in [0.15, 0.2) is 42.6 Å². The van der Waals surface area contributed by atoms with Crippen LogP contribution in [-0.4, -0.2) is 34.9 Å². The molecule has 116 valence electrons. The van der Waals surface area contributed by atoms with Crippen molar-refractivity contribution in [3.05, 3.63) is 58.9 Å². The van der Waals surface area contributed by atoms with Crippen molar-refractivity contribution in [1.29, 1.82) is 5.26 Å². The van der Waals surface area contributed by atoms with Crippen LogP contribution in [0.4, 0.5) is 5.69 Å². The Kier molecular flexibility index (Phi) is 4.45. The van der Waals surface area contributed by atoms with E-state index in [1.165, 1.54) is 0 Å². The second kappa shape index (κ2) is 6.67. The van der Waals surface area contributed by atoms with Crippen LogP contribution >= 0.6 is 11.6 Å². The smallest absolute Gasteiger partial charge is 0.272 e. The van der Waals surface area contributed by atoms with E-state index in [0.717, 1.165) is 6.42 Å².